The van der Waals surface area contributed by atoms with Crippen molar-refractivity contribution in [3.8, 4) is 0 Å². The molecule has 4 aliphatic rings. The summed E-state index contributed by atoms with van der Waals surface area (Å²) in [5, 5.41) is 13.0. The van der Waals surface area contributed by atoms with Gasteiger partial charge in [0.1, 0.15) is 12.2 Å². The van der Waals surface area contributed by atoms with Gasteiger partial charge < -0.3 is 25.2 Å². The van der Waals surface area contributed by atoms with E-state index in [-0.39, 0.29) is 18.0 Å². The largest absolute Gasteiger partial charge is 0.378 e. The van der Waals surface area contributed by atoms with E-state index in [0.717, 1.165) is 62.3 Å². The Morgan fingerprint density at radius 1 is 1.32 bits per heavy atom. The number of pyridine rings is 1. The van der Waals surface area contributed by atoms with Crippen molar-refractivity contribution < 1.29 is 9.53 Å². The highest BCUT2D eigenvalue weighted by atomic mass is 16.5. The zero-order valence-electron chi connectivity index (χ0n) is 17.3. The van der Waals surface area contributed by atoms with Gasteiger partial charge in [-0.1, -0.05) is 6.58 Å². The van der Waals surface area contributed by atoms with E-state index in [0.29, 0.717) is 6.54 Å². The van der Waals surface area contributed by atoms with Gasteiger partial charge in [-0.25, -0.2) is 15.0 Å². The Kier molecular flexibility index (Phi) is 5.29. The highest BCUT2D eigenvalue weighted by molar-refractivity contribution is 6.01. The molecule has 4 aliphatic heterocycles. The average molecular weight is 422 g/mol. The van der Waals surface area contributed by atoms with E-state index in [1.807, 2.05) is 28.2 Å². The lowest BCUT2D eigenvalue weighted by atomic mass is 10.0. The summed E-state index contributed by atoms with van der Waals surface area (Å²) in [7, 11) is 0. The molecule has 0 spiro atoms. The van der Waals surface area contributed by atoms with Crippen LogP contribution in [-0.4, -0.2) is 78.5 Å². The molecule has 2 N–H and O–H groups in total. The van der Waals surface area contributed by atoms with Crippen LogP contribution in [0.2, 0.25) is 0 Å². The number of carbonyl (C=O) groups is 1. The second kappa shape index (κ2) is 8.38. The number of hydrogen-bond donors (Lipinski definition) is 2. The highest BCUT2D eigenvalue weighted by Gasteiger charge is 2.38. The predicted molar refractivity (Wildman–Crippen MR) is 119 cm³/mol. The molecule has 1 amide bonds. The van der Waals surface area contributed by atoms with Crippen molar-refractivity contribution in [2.24, 2.45) is 16.0 Å². The Labute approximate surface area is 181 Å². The first-order valence-corrected chi connectivity index (χ1v) is 10.6. The number of aliphatic imine (C=N–C) groups is 1. The van der Waals surface area contributed by atoms with Gasteiger partial charge in [-0.3, -0.25) is 4.79 Å². The van der Waals surface area contributed by atoms with Crippen LogP contribution in [0.15, 0.2) is 53.0 Å². The maximum Gasteiger partial charge on any atom is 0.245 e. The third-order valence-electron chi connectivity index (χ3n) is 5.99. The summed E-state index contributed by atoms with van der Waals surface area (Å²) in [5.41, 5.74) is 2.12. The molecule has 162 valence electrons. The number of hydrogen-bond acceptors (Lipinski definition) is 9. The maximum atomic E-state index is 11.9. The zero-order chi connectivity index (χ0) is 21.2. The highest BCUT2D eigenvalue weighted by Crippen LogP contribution is 2.31. The van der Waals surface area contributed by atoms with Crippen LogP contribution in [0.5, 0.6) is 0 Å². The van der Waals surface area contributed by atoms with Crippen molar-refractivity contribution in [2.75, 3.05) is 49.6 Å². The molecule has 2 fully saturated rings. The molecule has 31 heavy (non-hydrogen) atoms. The third-order valence-corrected chi connectivity index (χ3v) is 5.99. The van der Waals surface area contributed by atoms with Gasteiger partial charge in [0.25, 0.3) is 0 Å². The molecule has 1 aromatic rings. The summed E-state index contributed by atoms with van der Waals surface area (Å²) >= 11 is 0. The maximum absolute atomic E-state index is 11.9. The van der Waals surface area contributed by atoms with Crippen LogP contribution in [0.1, 0.15) is 6.42 Å². The average Bonchev–Trinajstić information content (AvgIpc) is 3.50. The van der Waals surface area contributed by atoms with Crippen LogP contribution in [-0.2, 0) is 9.53 Å². The summed E-state index contributed by atoms with van der Waals surface area (Å²) in [6.45, 7) is 8.17. The van der Waals surface area contributed by atoms with Gasteiger partial charge in [-0.2, -0.15) is 5.10 Å². The van der Waals surface area contributed by atoms with Crippen LogP contribution in [0.4, 0.5) is 11.5 Å². The molecule has 2 unspecified atom stereocenters. The quantitative estimate of drug-likeness (QED) is 0.693. The van der Waals surface area contributed by atoms with Gasteiger partial charge in [0.2, 0.25) is 5.91 Å². The summed E-state index contributed by atoms with van der Waals surface area (Å²) in [5.74, 6) is 1.62. The molecule has 2 saturated heterocycles. The van der Waals surface area contributed by atoms with Crippen molar-refractivity contribution in [1.82, 2.24) is 20.2 Å². The number of amides is 1. The Hall–Kier alpha value is -3.40. The Morgan fingerprint density at radius 2 is 2.19 bits per heavy atom. The number of likely N-dealkylation sites (tertiary alicyclic amines) is 1. The molecule has 0 radical (unpaired) electrons. The van der Waals surface area contributed by atoms with E-state index in [2.05, 4.69) is 37.2 Å². The number of nitrogens with zero attached hydrogens (tertiary/aromatic N) is 6. The molecule has 10 nitrogen and oxygen atoms in total. The minimum atomic E-state index is -0.224. The number of anilines is 2. The van der Waals surface area contributed by atoms with Crippen molar-refractivity contribution in [3.63, 3.8) is 0 Å². The summed E-state index contributed by atoms with van der Waals surface area (Å²) in [4.78, 5) is 25.2. The SMILES string of the molecule is C=CC(=O)N1CCC(C2=CN=C(Nc3cc(N4CCOCC4)ccn3)C3NC=NN23)C1. The molecule has 10 heteroatoms. The normalized spacial score (nSPS) is 25.0. The number of ether oxygens (including phenoxy) is 1. The van der Waals surface area contributed by atoms with Crippen LogP contribution in [0.3, 0.4) is 0 Å². The van der Waals surface area contributed by atoms with Gasteiger partial charge in [0.15, 0.2) is 12.0 Å². The Morgan fingerprint density at radius 3 is 3.03 bits per heavy atom. The molecule has 0 aromatic carbocycles. The molecular weight excluding hydrogens is 396 g/mol. The van der Waals surface area contributed by atoms with Gasteiger partial charge in [0, 0.05) is 50.0 Å². The van der Waals surface area contributed by atoms with E-state index in [1.54, 1.807) is 12.5 Å². The van der Waals surface area contributed by atoms with E-state index < -0.39 is 0 Å². The summed E-state index contributed by atoms with van der Waals surface area (Å²) in [6.07, 6.45) is 7.36. The number of aromatic nitrogens is 1. The minimum absolute atomic E-state index is 0.0319. The topological polar surface area (TPSA) is 97.7 Å². The first-order valence-electron chi connectivity index (χ1n) is 10.6. The van der Waals surface area contributed by atoms with E-state index >= 15 is 0 Å². The molecule has 5 heterocycles. The van der Waals surface area contributed by atoms with Crippen molar-refractivity contribution >= 4 is 29.6 Å². The number of carbonyl (C=O) groups excluding carboxylic acids is 1. The number of fused-ring (bicyclic) bond motifs is 1. The Balaban J connectivity index is 1.33. The molecule has 5 rings (SSSR count). The summed E-state index contributed by atoms with van der Waals surface area (Å²) in [6, 6.07) is 4.04. The fourth-order valence-electron chi connectivity index (χ4n) is 4.34. The lowest BCUT2D eigenvalue weighted by Crippen LogP contribution is -2.48. The van der Waals surface area contributed by atoms with Gasteiger partial charge >= 0.3 is 0 Å². The van der Waals surface area contributed by atoms with Crippen LogP contribution in [0.25, 0.3) is 0 Å². The molecule has 0 aliphatic carbocycles. The first kappa shape index (κ1) is 19.6. The monoisotopic (exact) mass is 422 g/mol. The van der Waals surface area contributed by atoms with Crippen molar-refractivity contribution in [2.45, 2.75) is 12.6 Å². The van der Waals surface area contributed by atoms with Crippen molar-refractivity contribution in [1.29, 1.82) is 0 Å². The number of morpholine rings is 1. The fourth-order valence-corrected chi connectivity index (χ4v) is 4.34. The van der Waals surface area contributed by atoms with Gasteiger partial charge in [-0.15, -0.1) is 0 Å². The van der Waals surface area contributed by atoms with Gasteiger partial charge in [0.05, 0.1) is 25.1 Å². The molecular formula is C21H26N8O2. The predicted octanol–water partition coefficient (Wildman–Crippen LogP) is 0.793. The number of nitrogens with one attached hydrogen (secondary N) is 2. The second-order valence-electron chi connectivity index (χ2n) is 7.82. The van der Waals surface area contributed by atoms with E-state index in [4.69, 9.17) is 4.74 Å². The van der Waals surface area contributed by atoms with Crippen LogP contribution < -0.4 is 15.5 Å². The molecule has 2 atom stereocenters. The van der Waals surface area contributed by atoms with Crippen LogP contribution >= 0.6 is 0 Å². The van der Waals surface area contributed by atoms with Crippen LogP contribution in [0, 0.1) is 5.92 Å². The molecule has 1 aromatic heterocycles. The zero-order valence-corrected chi connectivity index (χ0v) is 17.3. The third kappa shape index (κ3) is 3.86. The second-order valence-corrected chi connectivity index (χ2v) is 7.82. The van der Waals surface area contributed by atoms with E-state index in [9.17, 15) is 4.79 Å². The fraction of sp³-hybridized carbons (Fsp3) is 0.429. The van der Waals surface area contributed by atoms with Crippen molar-refractivity contribution in [3.05, 3.63) is 42.9 Å². The smallest absolute Gasteiger partial charge is 0.245 e. The summed E-state index contributed by atoms with van der Waals surface area (Å²) < 4.78 is 5.45. The lowest BCUT2D eigenvalue weighted by Gasteiger charge is -2.32. The molecule has 0 saturated carbocycles. The standard InChI is InChI=1S/C21H26N8O2/c1-2-19(30)28-6-4-15(13-28)17-12-23-20(21-24-14-25-29(17)21)26-18-11-16(3-5-22-18)27-7-9-31-10-8-27/h2-3,5,11-12,14-15,21H,1,4,6-10,13H2,(H,24,25)(H,22,23,26). The number of amidine groups is 1. The van der Waals surface area contributed by atoms with Gasteiger partial charge in [-0.05, 0) is 18.6 Å². The Bertz CT molecular complexity index is 952. The molecule has 0 bridgehead atoms. The number of rotatable bonds is 4. The lowest BCUT2D eigenvalue weighted by molar-refractivity contribution is -0.125. The van der Waals surface area contributed by atoms with E-state index in [1.165, 1.54) is 6.08 Å². The minimum Gasteiger partial charge on any atom is -0.378 e. The first-order chi connectivity index (χ1) is 15.2. The number of hydrazone groups is 1.